The van der Waals surface area contributed by atoms with Crippen LogP contribution in [0.3, 0.4) is 0 Å². The van der Waals surface area contributed by atoms with E-state index in [1.807, 2.05) is 0 Å². The van der Waals surface area contributed by atoms with Gasteiger partial charge in [-0.1, -0.05) is 12.8 Å². The highest BCUT2D eigenvalue weighted by Crippen LogP contribution is 2.21. The fourth-order valence-electron chi connectivity index (χ4n) is 2.30. The minimum Gasteiger partial charge on any atom is -0.478 e. The van der Waals surface area contributed by atoms with Crippen molar-refractivity contribution < 1.29 is 23.5 Å². The summed E-state index contributed by atoms with van der Waals surface area (Å²) in [7, 11) is 0. The van der Waals surface area contributed by atoms with Crippen LogP contribution in [0.15, 0.2) is 12.1 Å². The van der Waals surface area contributed by atoms with E-state index in [1.54, 1.807) is 0 Å². The minimum absolute atomic E-state index is 0.238. The SMILES string of the molecule is O=C(O)c1cc(F)c(F)cc1NC(=O)C1CCCCCN1. The van der Waals surface area contributed by atoms with Gasteiger partial charge in [0.1, 0.15) is 0 Å². The highest BCUT2D eigenvalue weighted by molar-refractivity contribution is 6.02. The fraction of sp³-hybridized carbons (Fsp3) is 0.429. The summed E-state index contributed by atoms with van der Waals surface area (Å²) in [6.45, 7) is 0.696. The second kappa shape index (κ2) is 6.62. The van der Waals surface area contributed by atoms with Gasteiger partial charge in [0.05, 0.1) is 17.3 Å². The predicted octanol–water partition coefficient (Wildman–Crippen LogP) is 2.13. The molecule has 1 fully saturated rings. The van der Waals surface area contributed by atoms with E-state index in [-0.39, 0.29) is 5.69 Å². The summed E-state index contributed by atoms with van der Waals surface area (Å²) in [5.74, 6) is -4.34. The van der Waals surface area contributed by atoms with Crippen LogP contribution < -0.4 is 10.6 Å². The number of carboxylic acids is 1. The molecule has 1 unspecified atom stereocenters. The molecule has 0 bridgehead atoms. The number of hydrogen-bond acceptors (Lipinski definition) is 3. The van der Waals surface area contributed by atoms with E-state index in [1.165, 1.54) is 0 Å². The van der Waals surface area contributed by atoms with Gasteiger partial charge < -0.3 is 15.7 Å². The van der Waals surface area contributed by atoms with E-state index in [2.05, 4.69) is 10.6 Å². The molecule has 1 amide bonds. The van der Waals surface area contributed by atoms with Gasteiger partial charge in [0.15, 0.2) is 11.6 Å². The molecular formula is C14H16F2N2O3. The number of hydrogen-bond donors (Lipinski definition) is 3. The molecule has 0 aliphatic carbocycles. The van der Waals surface area contributed by atoms with Gasteiger partial charge in [-0.25, -0.2) is 13.6 Å². The molecule has 3 N–H and O–H groups in total. The molecule has 5 nitrogen and oxygen atoms in total. The second-order valence-electron chi connectivity index (χ2n) is 4.96. The van der Waals surface area contributed by atoms with E-state index < -0.39 is 35.1 Å². The lowest BCUT2D eigenvalue weighted by atomic mass is 10.1. The Hall–Kier alpha value is -2.02. The van der Waals surface area contributed by atoms with Crippen LogP contribution in [-0.2, 0) is 4.79 Å². The first kappa shape index (κ1) is 15.4. The van der Waals surface area contributed by atoms with Crippen molar-refractivity contribution in [1.29, 1.82) is 0 Å². The van der Waals surface area contributed by atoms with Crippen LogP contribution in [0.5, 0.6) is 0 Å². The quantitative estimate of drug-likeness (QED) is 0.799. The van der Waals surface area contributed by atoms with Gasteiger partial charge in [0.2, 0.25) is 5.91 Å². The third-order valence-electron chi connectivity index (χ3n) is 3.43. The molecule has 1 saturated heterocycles. The number of anilines is 1. The minimum atomic E-state index is -1.43. The summed E-state index contributed by atoms with van der Waals surface area (Å²) in [5, 5.41) is 14.4. The summed E-state index contributed by atoms with van der Waals surface area (Å²) in [5.41, 5.74) is -0.715. The van der Waals surface area contributed by atoms with Crippen LogP contribution in [0, 0.1) is 11.6 Å². The lowest BCUT2D eigenvalue weighted by Crippen LogP contribution is -2.40. The molecule has 0 radical (unpaired) electrons. The first-order valence-electron chi connectivity index (χ1n) is 6.75. The molecule has 114 valence electrons. The maximum absolute atomic E-state index is 13.2. The Morgan fingerprint density at radius 1 is 1.19 bits per heavy atom. The van der Waals surface area contributed by atoms with Crippen molar-refractivity contribution in [3.8, 4) is 0 Å². The molecule has 1 aliphatic rings. The Labute approximate surface area is 120 Å². The Balaban J connectivity index is 2.19. The van der Waals surface area contributed by atoms with E-state index in [0.29, 0.717) is 25.1 Å². The predicted molar refractivity (Wildman–Crippen MR) is 72.2 cm³/mol. The van der Waals surface area contributed by atoms with Gasteiger partial charge >= 0.3 is 5.97 Å². The third kappa shape index (κ3) is 3.75. The molecular weight excluding hydrogens is 282 g/mol. The van der Waals surface area contributed by atoms with E-state index in [9.17, 15) is 18.4 Å². The van der Waals surface area contributed by atoms with Crippen LogP contribution in [0.1, 0.15) is 36.0 Å². The zero-order valence-electron chi connectivity index (χ0n) is 11.3. The molecule has 0 aromatic heterocycles. The average Bonchev–Trinajstić information content (AvgIpc) is 2.71. The van der Waals surface area contributed by atoms with Gasteiger partial charge in [-0.05, 0) is 25.5 Å². The monoisotopic (exact) mass is 298 g/mol. The number of carboxylic acid groups (broad SMARTS) is 1. The second-order valence-corrected chi connectivity index (χ2v) is 4.96. The summed E-state index contributed by atoms with van der Waals surface area (Å²) in [6.07, 6.45) is 3.49. The van der Waals surface area contributed by atoms with Crippen molar-refractivity contribution in [3.63, 3.8) is 0 Å². The van der Waals surface area contributed by atoms with Gasteiger partial charge in [0, 0.05) is 6.07 Å². The van der Waals surface area contributed by atoms with E-state index >= 15 is 0 Å². The molecule has 21 heavy (non-hydrogen) atoms. The molecule has 7 heteroatoms. The maximum atomic E-state index is 13.2. The largest absolute Gasteiger partial charge is 0.478 e. The highest BCUT2D eigenvalue weighted by Gasteiger charge is 2.22. The Morgan fingerprint density at radius 3 is 2.62 bits per heavy atom. The van der Waals surface area contributed by atoms with Gasteiger partial charge in [0.25, 0.3) is 0 Å². The standard InChI is InChI=1S/C14H16F2N2O3/c15-9-6-8(14(20)21)12(7-10(9)16)18-13(19)11-4-2-1-3-5-17-11/h6-7,11,17H,1-5H2,(H,18,19)(H,20,21). The van der Waals surface area contributed by atoms with Crippen LogP contribution in [0.4, 0.5) is 14.5 Å². The number of amides is 1. The number of rotatable bonds is 3. The van der Waals surface area contributed by atoms with E-state index in [0.717, 1.165) is 19.3 Å². The fourth-order valence-corrected chi connectivity index (χ4v) is 2.30. The summed E-state index contributed by atoms with van der Waals surface area (Å²) >= 11 is 0. The van der Waals surface area contributed by atoms with Gasteiger partial charge in [-0.15, -0.1) is 0 Å². The molecule has 0 spiro atoms. The van der Waals surface area contributed by atoms with Crippen LogP contribution >= 0.6 is 0 Å². The van der Waals surface area contributed by atoms with Crippen LogP contribution in [0.25, 0.3) is 0 Å². The van der Waals surface area contributed by atoms with Crippen molar-refractivity contribution in [2.75, 3.05) is 11.9 Å². The average molecular weight is 298 g/mol. The number of aromatic carboxylic acids is 1. The number of nitrogens with one attached hydrogen (secondary N) is 2. The lowest BCUT2D eigenvalue weighted by Gasteiger charge is -2.16. The Bertz CT molecular complexity index is 555. The Kier molecular flexibility index (Phi) is 4.85. The molecule has 2 rings (SSSR count). The van der Waals surface area contributed by atoms with Crippen molar-refractivity contribution in [1.82, 2.24) is 5.32 Å². The van der Waals surface area contributed by atoms with Crippen molar-refractivity contribution in [2.45, 2.75) is 31.7 Å². The molecule has 1 aromatic carbocycles. The zero-order valence-corrected chi connectivity index (χ0v) is 11.3. The van der Waals surface area contributed by atoms with Gasteiger partial charge in [-0.2, -0.15) is 0 Å². The number of benzene rings is 1. The molecule has 1 atom stereocenters. The summed E-state index contributed by atoms with van der Waals surface area (Å²) < 4.78 is 26.3. The summed E-state index contributed by atoms with van der Waals surface area (Å²) in [4.78, 5) is 23.2. The maximum Gasteiger partial charge on any atom is 0.337 e. The number of carbonyl (C=O) groups excluding carboxylic acids is 1. The highest BCUT2D eigenvalue weighted by atomic mass is 19.2. The normalized spacial score (nSPS) is 18.9. The Morgan fingerprint density at radius 2 is 1.90 bits per heavy atom. The van der Waals surface area contributed by atoms with E-state index in [4.69, 9.17) is 5.11 Å². The van der Waals surface area contributed by atoms with Crippen molar-refractivity contribution in [3.05, 3.63) is 29.3 Å². The topological polar surface area (TPSA) is 78.4 Å². The van der Waals surface area contributed by atoms with Crippen molar-refractivity contribution in [2.24, 2.45) is 0 Å². The summed E-state index contributed by atoms with van der Waals surface area (Å²) in [6, 6.07) is 0.795. The first-order chi connectivity index (χ1) is 9.99. The molecule has 1 aromatic rings. The smallest absolute Gasteiger partial charge is 0.337 e. The van der Waals surface area contributed by atoms with Crippen molar-refractivity contribution >= 4 is 17.6 Å². The molecule has 1 heterocycles. The first-order valence-corrected chi connectivity index (χ1v) is 6.75. The third-order valence-corrected chi connectivity index (χ3v) is 3.43. The molecule has 1 aliphatic heterocycles. The number of carbonyl (C=O) groups is 2. The van der Waals surface area contributed by atoms with Gasteiger partial charge in [-0.3, -0.25) is 4.79 Å². The van der Waals surface area contributed by atoms with Crippen LogP contribution in [0.2, 0.25) is 0 Å². The zero-order chi connectivity index (χ0) is 15.4. The lowest BCUT2D eigenvalue weighted by molar-refractivity contribution is -0.118. The number of halogens is 2. The van der Waals surface area contributed by atoms with Crippen LogP contribution in [-0.4, -0.2) is 29.6 Å². The molecule has 0 saturated carbocycles.